The van der Waals surface area contributed by atoms with Crippen LogP contribution in [-0.2, 0) is 9.47 Å². The number of carbonyl (C=O) groups excluding carboxylic acids is 1. The highest BCUT2D eigenvalue weighted by Crippen LogP contribution is 2.06. The molecular weight excluding hydrogens is 232 g/mol. The minimum absolute atomic E-state index is 0.370. The van der Waals surface area contributed by atoms with E-state index in [2.05, 4.69) is 5.32 Å². The number of alkyl carbamates (subject to hydrolysis) is 1. The Morgan fingerprint density at radius 3 is 2.39 bits per heavy atom. The highest BCUT2D eigenvalue weighted by atomic mass is 16.6. The Morgan fingerprint density at radius 1 is 1.11 bits per heavy atom. The van der Waals surface area contributed by atoms with Gasteiger partial charge < -0.3 is 20.5 Å². The molecule has 3 N–H and O–H groups in total. The highest BCUT2D eigenvalue weighted by Gasteiger charge is 2.15. The lowest BCUT2D eigenvalue weighted by molar-refractivity contribution is 0.0519. The maximum absolute atomic E-state index is 11.3. The number of hydrogen-bond acceptors (Lipinski definition) is 4. The summed E-state index contributed by atoms with van der Waals surface area (Å²) in [6.07, 6.45) is 3.66. The quantitative estimate of drug-likeness (QED) is 0.622. The molecule has 0 unspecified atom stereocenters. The molecule has 5 nitrogen and oxygen atoms in total. The Bertz CT molecular complexity index is 215. The van der Waals surface area contributed by atoms with Gasteiger partial charge in [0.2, 0.25) is 0 Å². The molecule has 1 amide bonds. The van der Waals surface area contributed by atoms with Gasteiger partial charge in [-0.05, 0) is 53.0 Å². The van der Waals surface area contributed by atoms with Crippen molar-refractivity contribution in [3.05, 3.63) is 0 Å². The van der Waals surface area contributed by atoms with E-state index in [0.717, 1.165) is 38.8 Å². The second kappa shape index (κ2) is 10.1. The predicted molar refractivity (Wildman–Crippen MR) is 72.6 cm³/mol. The monoisotopic (exact) mass is 260 g/mol. The first-order valence-electron chi connectivity index (χ1n) is 6.70. The van der Waals surface area contributed by atoms with Crippen LogP contribution in [0.5, 0.6) is 0 Å². The van der Waals surface area contributed by atoms with E-state index in [0.29, 0.717) is 13.2 Å². The molecule has 5 heteroatoms. The summed E-state index contributed by atoms with van der Waals surface area (Å²) in [5, 5.41) is 2.69. The van der Waals surface area contributed by atoms with E-state index in [1.54, 1.807) is 0 Å². The van der Waals surface area contributed by atoms with Gasteiger partial charge in [-0.1, -0.05) is 0 Å². The number of nitrogens with two attached hydrogens (primary N) is 1. The van der Waals surface area contributed by atoms with Gasteiger partial charge in [-0.3, -0.25) is 0 Å². The van der Waals surface area contributed by atoms with Crippen LogP contribution in [-0.4, -0.2) is 38.0 Å². The van der Waals surface area contributed by atoms with Crippen molar-refractivity contribution in [1.29, 1.82) is 0 Å². The second-order valence-corrected chi connectivity index (χ2v) is 5.24. The van der Waals surface area contributed by atoms with Crippen molar-refractivity contribution in [3.63, 3.8) is 0 Å². The smallest absolute Gasteiger partial charge is 0.407 e. The van der Waals surface area contributed by atoms with E-state index in [4.69, 9.17) is 15.2 Å². The number of hydrogen-bond donors (Lipinski definition) is 2. The second-order valence-electron chi connectivity index (χ2n) is 5.24. The van der Waals surface area contributed by atoms with Crippen LogP contribution in [0.1, 0.15) is 46.5 Å². The zero-order valence-electron chi connectivity index (χ0n) is 12.0. The van der Waals surface area contributed by atoms with Gasteiger partial charge in [-0.2, -0.15) is 0 Å². The van der Waals surface area contributed by atoms with Crippen LogP contribution in [0, 0.1) is 0 Å². The molecule has 18 heavy (non-hydrogen) atoms. The minimum Gasteiger partial charge on any atom is -0.444 e. The van der Waals surface area contributed by atoms with Crippen LogP contribution in [0.25, 0.3) is 0 Å². The molecule has 0 bridgehead atoms. The molecule has 0 radical (unpaired) electrons. The predicted octanol–water partition coefficient (Wildman–Crippen LogP) is 2.05. The van der Waals surface area contributed by atoms with Gasteiger partial charge >= 0.3 is 6.09 Å². The molecule has 0 aromatic carbocycles. The molecule has 0 saturated heterocycles. The lowest BCUT2D eigenvalue weighted by atomic mass is 10.2. The van der Waals surface area contributed by atoms with Crippen molar-refractivity contribution in [2.24, 2.45) is 5.73 Å². The van der Waals surface area contributed by atoms with Crippen LogP contribution in [0.3, 0.4) is 0 Å². The lowest BCUT2D eigenvalue weighted by Crippen LogP contribution is -2.33. The maximum atomic E-state index is 11.3. The highest BCUT2D eigenvalue weighted by molar-refractivity contribution is 5.67. The molecule has 0 rings (SSSR count). The van der Waals surface area contributed by atoms with Crippen molar-refractivity contribution in [3.8, 4) is 0 Å². The largest absolute Gasteiger partial charge is 0.444 e. The van der Waals surface area contributed by atoms with E-state index in [9.17, 15) is 4.79 Å². The molecule has 0 aromatic heterocycles. The first-order chi connectivity index (χ1) is 8.45. The van der Waals surface area contributed by atoms with Gasteiger partial charge in [0.1, 0.15) is 5.60 Å². The zero-order chi connectivity index (χ0) is 13.9. The third-order valence-electron chi connectivity index (χ3n) is 2.13. The fourth-order valence-corrected chi connectivity index (χ4v) is 1.31. The molecule has 108 valence electrons. The summed E-state index contributed by atoms with van der Waals surface area (Å²) < 4.78 is 10.5. The molecule has 0 aliphatic rings. The average molecular weight is 260 g/mol. The molecule has 0 fully saturated rings. The average Bonchev–Trinajstić information content (AvgIpc) is 2.24. The fourth-order valence-electron chi connectivity index (χ4n) is 1.31. The van der Waals surface area contributed by atoms with E-state index >= 15 is 0 Å². The molecule has 0 aliphatic heterocycles. The first-order valence-corrected chi connectivity index (χ1v) is 6.70. The summed E-state index contributed by atoms with van der Waals surface area (Å²) in [6, 6.07) is 0. The molecule has 0 heterocycles. The SMILES string of the molecule is CC(C)(C)OC(=O)NCCCOCCCCCN. The maximum Gasteiger partial charge on any atom is 0.407 e. The number of unbranched alkanes of at least 4 members (excludes halogenated alkanes) is 2. The summed E-state index contributed by atoms with van der Waals surface area (Å²) >= 11 is 0. The van der Waals surface area contributed by atoms with E-state index in [1.165, 1.54) is 0 Å². The molecule has 0 aliphatic carbocycles. The number of nitrogens with one attached hydrogen (secondary N) is 1. The fraction of sp³-hybridized carbons (Fsp3) is 0.923. The van der Waals surface area contributed by atoms with Gasteiger partial charge in [0, 0.05) is 19.8 Å². The van der Waals surface area contributed by atoms with Gasteiger partial charge in [0.15, 0.2) is 0 Å². The topological polar surface area (TPSA) is 73.6 Å². The summed E-state index contributed by atoms with van der Waals surface area (Å²) in [4.78, 5) is 11.3. The Balaban J connectivity index is 3.23. The van der Waals surface area contributed by atoms with Crippen LogP contribution in [0.4, 0.5) is 4.79 Å². The number of ether oxygens (including phenoxy) is 2. The summed E-state index contributed by atoms with van der Waals surface area (Å²) in [7, 11) is 0. The van der Waals surface area contributed by atoms with Crippen LogP contribution < -0.4 is 11.1 Å². The zero-order valence-corrected chi connectivity index (χ0v) is 12.0. The number of amides is 1. The van der Waals surface area contributed by atoms with Crippen molar-refractivity contribution < 1.29 is 14.3 Å². The Labute approximate surface area is 110 Å². The molecule has 0 saturated carbocycles. The summed E-state index contributed by atoms with van der Waals surface area (Å²) in [5.41, 5.74) is 4.95. The third-order valence-corrected chi connectivity index (χ3v) is 2.13. The van der Waals surface area contributed by atoms with Gasteiger partial charge in [0.05, 0.1) is 0 Å². The van der Waals surface area contributed by atoms with E-state index < -0.39 is 5.60 Å². The normalized spacial score (nSPS) is 11.3. The summed E-state index contributed by atoms with van der Waals surface area (Å²) in [6.45, 7) is 8.30. The standard InChI is InChI=1S/C13H28N2O3/c1-13(2,3)18-12(16)15-9-7-11-17-10-6-4-5-8-14/h4-11,14H2,1-3H3,(H,15,16). The van der Waals surface area contributed by atoms with Crippen molar-refractivity contribution >= 4 is 6.09 Å². The lowest BCUT2D eigenvalue weighted by Gasteiger charge is -2.19. The van der Waals surface area contributed by atoms with Gasteiger partial charge in [-0.15, -0.1) is 0 Å². The first kappa shape index (κ1) is 17.2. The molecule has 0 aromatic rings. The van der Waals surface area contributed by atoms with Crippen LogP contribution >= 0.6 is 0 Å². The minimum atomic E-state index is -0.441. The van der Waals surface area contributed by atoms with Gasteiger partial charge in [-0.25, -0.2) is 4.79 Å². The Hall–Kier alpha value is -0.810. The van der Waals surface area contributed by atoms with Crippen LogP contribution in [0.15, 0.2) is 0 Å². The Kier molecular flexibility index (Phi) is 9.69. The molecule has 0 spiro atoms. The van der Waals surface area contributed by atoms with Crippen molar-refractivity contribution in [2.45, 2.75) is 52.1 Å². The van der Waals surface area contributed by atoms with Crippen LogP contribution in [0.2, 0.25) is 0 Å². The molecular formula is C13H28N2O3. The van der Waals surface area contributed by atoms with E-state index in [1.807, 2.05) is 20.8 Å². The summed E-state index contributed by atoms with van der Waals surface area (Å²) in [5.74, 6) is 0. The van der Waals surface area contributed by atoms with Crippen molar-refractivity contribution in [1.82, 2.24) is 5.32 Å². The van der Waals surface area contributed by atoms with Crippen molar-refractivity contribution in [2.75, 3.05) is 26.3 Å². The third kappa shape index (κ3) is 13.3. The Morgan fingerprint density at radius 2 is 1.78 bits per heavy atom. The number of rotatable bonds is 9. The van der Waals surface area contributed by atoms with E-state index in [-0.39, 0.29) is 6.09 Å². The molecule has 0 atom stereocenters. The van der Waals surface area contributed by atoms with Gasteiger partial charge in [0.25, 0.3) is 0 Å². The number of carbonyl (C=O) groups is 1.